The lowest BCUT2D eigenvalue weighted by molar-refractivity contribution is 0.747. The molecule has 1 heterocycles. The highest BCUT2D eigenvalue weighted by Crippen LogP contribution is 2.12. The largest absolute Gasteiger partial charge is 0.295 e. The average molecular weight is 244 g/mol. The molecule has 18 heavy (non-hydrogen) atoms. The van der Waals surface area contributed by atoms with Crippen LogP contribution in [0, 0.1) is 13.8 Å². The van der Waals surface area contributed by atoms with E-state index in [1.807, 2.05) is 18.2 Å². The zero-order valence-electron chi connectivity index (χ0n) is 11.3. The number of unbranched alkanes of at least 4 members (excludes halogenated alkanes) is 1. The normalized spacial score (nSPS) is 10.8. The number of H-pyrrole nitrogens is 1. The molecule has 0 aliphatic rings. The number of rotatable bonds is 4. The monoisotopic (exact) mass is 244 g/mol. The maximum Gasteiger partial charge on any atom is 0.271 e. The van der Waals surface area contributed by atoms with E-state index in [9.17, 15) is 4.79 Å². The minimum atomic E-state index is 0.0179. The topological polar surface area (TPSA) is 37.8 Å². The van der Waals surface area contributed by atoms with E-state index in [-0.39, 0.29) is 5.56 Å². The number of hydrogen-bond donors (Lipinski definition) is 1. The summed E-state index contributed by atoms with van der Waals surface area (Å²) in [5, 5.41) is 3.18. The van der Waals surface area contributed by atoms with Crippen LogP contribution in [0.25, 0.3) is 5.69 Å². The lowest BCUT2D eigenvalue weighted by atomic mass is 10.1. The zero-order chi connectivity index (χ0) is 13.1. The number of nitrogens with zero attached hydrogens (tertiary/aromatic N) is 1. The Hall–Kier alpha value is -1.77. The molecule has 0 amide bonds. The third kappa shape index (κ3) is 2.55. The Morgan fingerprint density at radius 2 is 1.94 bits per heavy atom. The van der Waals surface area contributed by atoms with Crippen LogP contribution in [0.15, 0.2) is 29.1 Å². The van der Waals surface area contributed by atoms with Crippen molar-refractivity contribution in [3.8, 4) is 5.69 Å². The fourth-order valence-corrected chi connectivity index (χ4v) is 2.00. The lowest BCUT2D eigenvalue weighted by Gasteiger charge is -2.05. The summed E-state index contributed by atoms with van der Waals surface area (Å²) in [5.41, 5.74) is 4.38. The van der Waals surface area contributed by atoms with Crippen molar-refractivity contribution in [2.75, 3.05) is 0 Å². The molecule has 1 aromatic carbocycles. The lowest BCUT2D eigenvalue weighted by Crippen LogP contribution is -2.13. The number of benzene rings is 1. The predicted octanol–water partition coefficient (Wildman–Crippen LogP) is 3.13. The van der Waals surface area contributed by atoms with Crippen molar-refractivity contribution in [3.63, 3.8) is 0 Å². The Labute approximate surface area is 107 Å². The third-order valence-electron chi connectivity index (χ3n) is 3.32. The van der Waals surface area contributed by atoms with E-state index >= 15 is 0 Å². The first kappa shape index (κ1) is 12.7. The quantitative estimate of drug-likeness (QED) is 0.881. The van der Waals surface area contributed by atoms with Crippen LogP contribution >= 0.6 is 0 Å². The van der Waals surface area contributed by atoms with E-state index in [1.165, 1.54) is 11.1 Å². The van der Waals surface area contributed by atoms with E-state index in [2.05, 4.69) is 25.9 Å². The van der Waals surface area contributed by atoms with E-state index in [1.54, 1.807) is 10.7 Å². The van der Waals surface area contributed by atoms with Crippen LogP contribution in [-0.2, 0) is 6.42 Å². The van der Waals surface area contributed by atoms with Crippen molar-refractivity contribution in [3.05, 3.63) is 51.4 Å². The van der Waals surface area contributed by atoms with Gasteiger partial charge in [-0.25, -0.2) is 4.68 Å². The Morgan fingerprint density at radius 1 is 1.17 bits per heavy atom. The van der Waals surface area contributed by atoms with Gasteiger partial charge in [0.25, 0.3) is 5.56 Å². The molecule has 0 aliphatic carbocycles. The number of aromatic amines is 1. The van der Waals surface area contributed by atoms with Crippen molar-refractivity contribution in [1.29, 1.82) is 0 Å². The maximum absolute atomic E-state index is 11.9. The Balaban J connectivity index is 2.35. The van der Waals surface area contributed by atoms with Gasteiger partial charge in [-0.1, -0.05) is 19.4 Å². The summed E-state index contributed by atoms with van der Waals surface area (Å²) in [7, 11) is 0. The highest BCUT2D eigenvalue weighted by atomic mass is 16.1. The molecule has 0 saturated carbocycles. The summed E-state index contributed by atoms with van der Waals surface area (Å²) in [6.45, 7) is 6.28. The SMILES string of the molecule is CCCCc1cc(=O)n(-c2ccc(C)c(C)c2)[nH]1. The van der Waals surface area contributed by atoms with Crippen LogP contribution in [-0.4, -0.2) is 9.78 Å². The van der Waals surface area contributed by atoms with Gasteiger partial charge in [0.1, 0.15) is 0 Å². The molecule has 0 unspecified atom stereocenters. The first-order valence-corrected chi connectivity index (χ1v) is 6.50. The molecule has 3 heteroatoms. The summed E-state index contributed by atoms with van der Waals surface area (Å²) in [4.78, 5) is 11.9. The standard InChI is InChI=1S/C15H20N2O/c1-4-5-6-13-10-15(18)17(16-13)14-8-7-11(2)12(3)9-14/h7-10,16H,4-6H2,1-3H3. The van der Waals surface area contributed by atoms with Crippen LogP contribution in [0.2, 0.25) is 0 Å². The summed E-state index contributed by atoms with van der Waals surface area (Å²) in [6.07, 6.45) is 3.17. The molecule has 0 spiro atoms. The fourth-order valence-electron chi connectivity index (χ4n) is 2.00. The van der Waals surface area contributed by atoms with Crippen LogP contribution < -0.4 is 5.56 Å². The molecule has 0 radical (unpaired) electrons. The van der Waals surface area contributed by atoms with E-state index < -0.39 is 0 Å². The van der Waals surface area contributed by atoms with Gasteiger partial charge >= 0.3 is 0 Å². The highest BCUT2D eigenvalue weighted by molar-refractivity contribution is 5.39. The number of aryl methyl sites for hydroxylation is 3. The Kier molecular flexibility index (Phi) is 3.70. The van der Waals surface area contributed by atoms with Gasteiger partial charge < -0.3 is 0 Å². The fraction of sp³-hybridized carbons (Fsp3) is 0.400. The molecular weight excluding hydrogens is 224 g/mol. The second-order valence-electron chi connectivity index (χ2n) is 4.83. The minimum Gasteiger partial charge on any atom is -0.295 e. The predicted molar refractivity (Wildman–Crippen MR) is 74.5 cm³/mol. The summed E-state index contributed by atoms with van der Waals surface area (Å²) < 4.78 is 1.62. The van der Waals surface area contributed by atoms with Gasteiger partial charge in [0, 0.05) is 11.8 Å². The molecule has 3 nitrogen and oxygen atoms in total. The number of aromatic nitrogens is 2. The maximum atomic E-state index is 11.9. The van der Waals surface area contributed by atoms with Crippen molar-refractivity contribution in [2.24, 2.45) is 0 Å². The summed E-state index contributed by atoms with van der Waals surface area (Å²) >= 11 is 0. The van der Waals surface area contributed by atoms with E-state index in [0.29, 0.717) is 0 Å². The molecule has 0 bridgehead atoms. The Morgan fingerprint density at radius 3 is 2.61 bits per heavy atom. The van der Waals surface area contributed by atoms with Gasteiger partial charge in [0.2, 0.25) is 0 Å². The highest BCUT2D eigenvalue weighted by Gasteiger charge is 2.05. The second-order valence-corrected chi connectivity index (χ2v) is 4.83. The number of nitrogens with one attached hydrogen (secondary N) is 1. The summed E-state index contributed by atoms with van der Waals surface area (Å²) in [6, 6.07) is 7.76. The molecule has 0 atom stereocenters. The molecule has 2 rings (SSSR count). The molecule has 0 fully saturated rings. The first-order chi connectivity index (χ1) is 8.61. The van der Waals surface area contributed by atoms with Gasteiger partial charge in [0.15, 0.2) is 0 Å². The van der Waals surface area contributed by atoms with E-state index in [4.69, 9.17) is 0 Å². The third-order valence-corrected chi connectivity index (χ3v) is 3.32. The van der Waals surface area contributed by atoms with Crippen LogP contribution in [0.3, 0.4) is 0 Å². The van der Waals surface area contributed by atoms with Crippen LogP contribution in [0.4, 0.5) is 0 Å². The van der Waals surface area contributed by atoms with Crippen LogP contribution in [0.5, 0.6) is 0 Å². The summed E-state index contributed by atoms with van der Waals surface area (Å²) in [5.74, 6) is 0. The molecule has 0 saturated heterocycles. The van der Waals surface area contributed by atoms with Gasteiger partial charge in [-0.2, -0.15) is 0 Å². The smallest absolute Gasteiger partial charge is 0.271 e. The molecule has 1 N–H and O–H groups in total. The van der Waals surface area contributed by atoms with Crippen molar-refractivity contribution >= 4 is 0 Å². The molecule has 0 aliphatic heterocycles. The molecular formula is C15H20N2O. The first-order valence-electron chi connectivity index (χ1n) is 6.50. The number of hydrogen-bond acceptors (Lipinski definition) is 1. The Bertz CT molecular complexity index is 593. The average Bonchev–Trinajstić information content (AvgIpc) is 2.71. The van der Waals surface area contributed by atoms with Gasteiger partial charge in [-0.15, -0.1) is 0 Å². The second kappa shape index (κ2) is 5.25. The minimum absolute atomic E-state index is 0.0179. The van der Waals surface area contributed by atoms with Crippen molar-refractivity contribution < 1.29 is 0 Å². The van der Waals surface area contributed by atoms with Gasteiger partial charge in [-0.05, 0) is 49.9 Å². The van der Waals surface area contributed by atoms with E-state index in [0.717, 1.165) is 30.6 Å². The molecule has 1 aromatic heterocycles. The van der Waals surface area contributed by atoms with Crippen LogP contribution in [0.1, 0.15) is 36.6 Å². The van der Waals surface area contributed by atoms with Gasteiger partial charge in [-0.3, -0.25) is 9.89 Å². The molecule has 96 valence electrons. The van der Waals surface area contributed by atoms with Crippen molar-refractivity contribution in [1.82, 2.24) is 9.78 Å². The zero-order valence-corrected chi connectivity index (χ0v) is 11.3. The van der Waals surface area contributed by atoms with Gasteiger partial charge in [0.05, 0.1) is 5.69 Å². The van der Waals surface area contributed by atoms with Crippen molar-refractivity contribution in [2.45, 2.75) is 40.0 Å². The molecule has 2 aromatic rings.